The van der Waals surface area contributed by atoms with E-state index >= 15 is 0 Å². The molecule has 1 saturated heterocycles. The Bertz CT molecular complexity index is 1080. The predicted octanol–water partition coefficient (Wildman–Crippen LogP) is 4.85. The number of amides is 1. The molecule has 0 bridgehead atoms. The summed E-state index contributed by atoms with van der Waals surface area (Å²) < 4.78 is 0. The fourth-order valence-electron chi connectivity index (χ4n) is 3.70. The number of anilines is 2. The lowest BCUT2D eigenvalue weighted by Crippen LogP contribution is -2.38. The summed E-state index contributed by atoms with van der Waals surface area (Å²) in [5.41, 5.74) is 3.01. The first-order valence-electron chi connectivity index (χ1n) is 10.3. The van der Waals surface area contributed by atoms with Gasteiger partial charge in [-0.05, 0) is 56.2 Å². The number of hydrogen-bond acceptors (Lipinski definition) is 5. The Balaban J connectivity index is 1.34. The van der Waals surface area contributed by atoms with Gasteiger partial charge in [0.15, 0.2) is 11.6 Å². The van der Waals surface area contributed by atoms with E-state index in [2.05, 4.69) is 20.4 Å². The number of piperidine rings is 1. The van der Waals surface area contributed by atoms with Crippen LogP contribution in [0.3, 0.4) is 0 Å². The van der Waals surface area contributed by atoms with Crippen molar-refractivity contribution in [2.45, 2.75) is 19.8 Å². The number of hydrogen-bond donors (Lipinski definition) is 1. The maximum atomic E-state index is 12.7. The number of carbonyl (C=O) groups excluding carboxylic acids is 2. The molecule has 0 spiro atoms. The van der Waals surface area contributed by atoms with Crippen LogP contribution in [0.2, 0.25) is 5.02 Å². The number of aromatic nitrogens is 2. The minimum Gasteiger partial charge on any atom is -0.355 e. The third-order valence-corrected chi connectivity index (χ3v) is 5.77. The first-order valence-corrected chi connectivity index (χ1v) is 10.6. The number of ketones is 1. The van der Waals surface area contributed by atoms with Crippen molar-refractivity contribution in [2.75, 3.05) is 23.3 Å². The minimum atomic E-state index is -0.0708. The van der Waals surface area contributed by atoms with Crippen molar-refractivity contribution < 1.29 is 9.59 Å². The summed E-state index contributed by atoms with van der Waals surface area (Å²) in [7, 11) is 0. The molecule has 3 aromatic rings. The number of benzene rings is 2. The molecule has 1 aliphatic rings. The van der Waals surface area contributed by atoms with Crippen LogP contribution < -0.4 is 10.2 Å². The van der Waals surface area contributed by atoms with Crippen molar-refractivity contribution >= 4 is 34.8 Å². The number of nitrogens with one attached hydrogen (secondary N) is 1. The normalized spacial score (nSPS) is 14.3. The molecule has 31 heavy (non-hydrogen) atoms. The van der Waals surface area contributed by atoms with Gasteiger partial charge in [-0.1, -0.05) is 35.9 Å². The largest absolute Gasteiger partial charge is 0.355 e. The summed E-state index contributed by atoms with van der Waals surface area (Å²) in [6.45, 7) is 2.99. The lowest BCUT2D eigenvalue weighted by Gasteiger charge is -2.31. The van der Waals surface area contributed by atoms with E-state index in [0.29, 0.717) is 16.3 Å². The molecule has 2 heterocycles. The van der Waals surface area contributed by atoms with Gasteiger partial charge in [-0.2, -0.15) is 0 Å². The second kappa shape index (κ2) is 9.27. The number of halogens is 1. The van der Waals surface area contributed by atoms with Crippen LogP contribution in [-0.4, -0.2) is 35.0 Å². The summed E-state index contributed by atoms with van der Waals surface area (Å²) in [4.78, 5) is 26.4. The molecule has 1 fully saturated rings. The molecule has 7 heteroatoms. The van der Waals surface area contributed by atoms with Crippen LogP contribution in [0.5, 0.6) is 0 Å². The molecule has 0 saturated carbocycles. The monoisotopic (exact) mass is 434 g/mol. The molecule has 1 aromatic heterocycles. The van der Waals surface area contributed by atoms with Crippen molar-refractivity contribution in [2.24, 2.45) is 5.92 Å². The van der Waals surface area contributed by atoms with Crippen molar-refractivity contribution in [1.29, 1.82) is 0 Å². The second-order valence-electron chi connectivity index (χ2n) is 7.67. The van der Waals surface area contributed by atoms with Crippen molar-refractivity contribution in [1.82, 2.24) is 10.2 Å². The summed E-state index contributed by atoms with van der Waals surface area (Å²) in [5, 5.41) is 12.4. The van der Waals surface area contributed by atoms with Gasteiger partial charge in [0.2, 0.25) is 5.91 Å². The topological polar surface area (TPSA) is 75.2 Å². The zero-order valence-electron chi connectivity index (χ0n) is 17.2. The Morgan fingerprint density at radius 2 is 1.74 bits per heavy atom. The zero-order chi connectivity index (χ0) is 21.8. The Hall–Kier alpha value is -3.25. The van der Waals surface area contributed by atoms with Crippen LogP contribution in [0.25, 0.3) is 11.3 Å². The van der Waals surface area contributed by atoms with E-state index in [1.165, 1.54) is 6.92 Å². The highest BCUT2D eigenvalue weighted by Gasteiger charge is 2.26. The molecule has 2 aromatic carbocycles. The maximum Gasteiger partial charge on any atom is 0.227 e. The Labute approximate surface area is 186 Å². The molecule has 1 aliphatic heterocycles. The standard InChI is InChI=1S/C24H23ClN4O2/c1-16(30)19-3-2-4-21(15-19)26-24(31)18-11-13-29(14-12-18)23-10-9-22(27-28-23)17-5-7-20(25)8-6-17/h2-10,15,18H,11-14H2,1H3,(H,26,31). The van der Waals surface area contributed by atoms with Gasteiger partial charge < -0.3 is 10.2 Å². The molecule has 158 valence electrons. The van der Waals surface area contributed by atoms with E-state index in [1.54, 1.807) is 24.3 Å². The van der Waals surface area contributed by atoms with Crippen molar-refractivity contribution in [3.8, 4) is 11.3 Å². The summed E-state index contributed by atoms with van der Waals surface area (Å²) >= 11 is 5.94. The highest BCUT2D eigenvalue weighted by atomic mass is 35.5. The lowest BCUT2D eigenvalue weighted by molar-refractivity contribution is -0.120. The van der Waals surface area contributed by atoms with E-state index < -0.39 is 0 Å². The lowest BCUT2D eigenvalue weighted by atomic mass is 9.95. The zero-order valence-corrected chi connectivity index (χ0v) is 18.0. The molecule has 1 amide bonds. The SMILES string of the molecule is CC(=O)c1cccc(NC(=O)C2CCN(c3ccc(-c4ccc(Cl)cc4)nn3)CC2)c1. The Morgan fingerprint density at radius 3 is 2.39 bits per heavy atom. The van der Waals surface area contributed by atoms with E-state index in [4.69, 9.17) is 11.6 Å². The number of carbonyl (C=O) groups is 2. The van der Waals surface area contributed by atoms with Gasteiger partial charge in [-0.25, -0.2) is 0 Å². The molecule has 1 N–H and O–H groups in total. The third-order valence-electron chi connectivity index (χ3n) is 5.52. The van der Waals surface area contributed by atoms with Gasteiger partial charge in [0.1, 0.15) is 0 Å². The highest BCUT2D eigenvalue weighted by molar-refractivity contribution is 6.30. The van der Waals surface area contributed by atoms with E-state index in [-0.39, 0.29) is 17.6 Å². The van der Waals surface area contributed by atoms with Crippen LogP contribution in [0.4, 0.5) is 11.5 Å². The van der Waals surface area contributed by atoms with Gasteiger partial charge in [0.25, 0.3) is 0 Å². The number of rotatable bonds is 5. The van der Waals surface area contributed by atoms with Gasteiger partial charge in [-0.3, -0.25) is 9.59 Å². The molecular formula is C24H23ClN4O2. The smallest absolute Gasteiger partial charge is 0.227 e. The molecular weight excluding hydrogens is 412 g/mol. The van der Waals surface area contributed by atoms with E-state index in [0.717, 1.165) is 43.0 Å². The first kappa shape index (κ1) is 21.0. The van der Waals surface area contributed by atoms with Crippen LogP contribution in [0.1, 0.15) is 30.1 Å². The maximum absolute atomic E-state index is 12.7. The van der Waals surface area contributed by atoms with Crippen molar-refractivity contribution in [3.05, 3.63) is 71.2 Å². The third kappa shape index (κ3) is 5.09. The van der Waals surface area contributed by atoms with E-state index in [1.807, 2.05) is 36.4 Å². The Kier molecular flexibility index (Phi) is 6.28. The first-order chi connectivity index (χ1) is 15.0. The number of nitrogens with zero attached hydrogens (tertiary/aromatic N) is 3. The fraction of sp³-hybridized carbons (Fsp3) is 0.250. The summed E-state index contributed by atoms with van der Waals surface area (Å²) in [5.74, 6) is 0.710. The molecule has 0 unspecified atom stereocenters. The number of Topliss-reactive ketones (excluding diaryl/α,β-unsaturated/α-hetero) is 1. The summed E-state index contributed by atoms with van der Waals surface area (Å²) in [6, 6.07) is 18.5. The predicted molar refractivity (Wildman–Crippen MR) is 122 cm³/mol. The summed E-state index contributed by atoms with van der Waals surface area (Å²) in [6.07, 6.45) is 1.47. The van der Waals surface area contributed by atoms with E-state index in [9.17, 15) is 9.59 Å². The average Bonchev–Trinajstić information content (AvgIpc) is 2.80. The average molecular weight is 435 g/mol. The quantitative estimate of drug-likeness (QED) is 0.580. The van der Waals surface area contributed by atoms with Crippen LogP contribution in [-0.2, 0) is 4.79 Å². The van der Waals surface area contributed by atoms with Crippen LogP contribution >= 0.6 is 11.6 Å². The molecule has 0 atom stereocenters. The second-order valence-corrected chi connectivity index (χ2v) is 8.11. The van der Waals surface area contributed by atoms with Gasteiger partial charge in [0.05, 0.1) is 5.69 Å². The van der Waals surface area contributed by atoms with Crippen LogP contribution in [0.15, 0.2) is 60.7 Å². The van der Waals surface area contributed by atoms with Crippen LogP contribution in [0, 0.1) is 5.92 Å². The Morgan fingerprint density at radius 1 is 1.00 bits per heavy atom. The van der Waals surface area contributed by atoms with Gasteiger partial charge in [0, 0.05) is 40.8 Å². The molecule has 6 nitrogen and oxygen atoms in total. The fourth-order valence-corrected chi connectivity index (χ4v) is 3.83. The van der Waals surface area contributed by atoms with Gasteiger partial charge >= 0.3 is 0 Å². The molecule has 4 rings (SSSR count). The molecule has 0 radical (unpaired) electrons. The molecule has 0 aliphatic carbocycles. The van der Waals surface area contributed by atoms with Crippen molar-refractivity contribution in [3.63, 3.8) is 0 Å². The highest BCUT2D eigenvalue weighted by Crippen LogP contribution is 2.25. The minimum absolute atomic E-state index is 0.00970. The van der Waals surface area contributed by atoms with Gasteiger partial charge in [-0.15, -0.1) is 10.2 Å².